The van der Waals surface area contributed by atoms with Crippen molar-refractivity contribution < 1.29 is 19.7 Å². The number of aromatic amines is 1. The maximum atomic E-state index is 9.60. The van der Waals surface area contributed by atoms with E-state index in [9.17, 15) is 9.90 Å². The Bertz CT molecular complexity index is 509. The van der Waals surface area contributed by atoms with E-state index >= 15 is 0 Å². The van der Waals surface area contributed by atoms with Gasteiger partial charge >= 0.3 is 0 Å². The summed E-state index contributed by atoms with van der Waals surface area (Å²) in [5.74, 6) is 0. The Morgan fingerprint density at radius 2 is 2.00 bits per heavy atom. The first-order chi connectivity index (χ1) is 9.37. The van der Waals surface area contributed by atoms with Crippen LogP contribution in [0.25, 0.3) is 10.9 Å². The van der Waals surface area contributed by atoms with Gasteiger partial charge in [-0.15, -0.1) is 0 Å². The number of para-hydroxylation sites is 1. The molecule has 1 heterocycles. The van der Waals surface area contributed by atoms with E-state index in [0.717, 1.165) is 10.9 Å². The minimum absolute atomic E-state index is 0.257. The van der Waals surface area contributed by atoms with Gasteiger partial charge in [0.2, 0.25) is 0 Å². The first-order valence-corrected chi connectivity index (χ1v) is 6.35. The number of aliphatic hydroxyl groups excluding tert-OH is 2. The summed E-state index contributed by atoms with van der Waals surface area (Å²) in [5, 5.41) is 19.1. The van der Waals surface area contributed by atoms with Crippen LogP contribution in [-0.2, 0) is 9.53 Å². The van der Waals surface area contributed by atoms with Crippen LogP contribution in [0.4, 0.5) is 0 Å². The van der Waals surface area contributed by atoms with Crippen LogP contribution in [-0.4, -0.2) is 33.9 Å². The van der Waals surface area contributed by atoms with E-state index in [2.05, 4.69) is 9.72 Å². The van der Waals surface area contributed by atoms with E-state index in [0.29, 0.717) is 12.2 Å². The van der Waals surface area contributed by atoms with Gasteiger partial charge in [-0.2, -0.15) is 0 Å². The normalized spacial score (nSPS) is 12.4. The van der Waals surface area contributed by atoms with Crippen molar-refractivity contribution in [3.8, 4) is 0 Å². The second kappa shape index (κ2) is 7.07. The number of carbonyl (C=O) groups is 1. The number of hydrogen-bond acceptors (Lipinski definition) is 4. The number of carbonyl (C=O) groups excluding carboxylic acids is 1. The topological polar surface area (TPSA) is 82.6 Å². The summed E-state index contributed by atoms with van der Waals surface area (Å²) >= 11 is 0. The van der Waals surface area contributed by atoms with Crippen molar-refractivity contribution in [1.29, 1.82) is 0 Å². The molecule has 0 saturated carbocycles. The Morgan fingerprint density at radius 3 is 2.45 bits per heavy atom. The van der Waals surface area contributed by atoms with Gasteiger partial charge in [0.15, 0.2) is 0 Å². The molecule has 0 fully saturated rings. The molecule has 1 aromatic heterocycles. The second-order valence-corrected chi connectivity index (χ2v) is 5.34. The SMILES string of the molecule is CC(C)(C)OC=O.OCC(O)c1cc2ccccc2[nH]1. The van der Waals surface area contributed by atoms with E-state index in [1.165, 1.54) is 0 Å². The minimum atomic E-state index is -0.813. The molecule has 0 aliphatic rings. The van der Waals surface area contributed by atoms with Gasteiger partial charge in [0.1, 0.15) is 11.7 Å². The first-order valence-electron chi connectivity index (χ1n) is 6.35. The molecule has 0 radical (unpaired) electrons. The molecular formula is C15H21NO4. The summed E-state index contributed by atoms with van der Waals surface area (Å²) in [5.41, 5.74) is 1.32. The molecule has 5 heteroatoms. The highest BCUT2D eigenvalue weighted by Crippen LogP contribution is 2.19. The molecule has 3 N–H and O–H groups in total. The molecule has 0 bridgehead atoms. The van der Waals surface area contributed by atoms with Crippen LogP contribution < -0.4 is 0 Å². The van der Waals surface area contributed by atoms with E-state index in [1.807, 2.05) is 51.1 Å². The molecule has 0 spiro atoms. The van der Waals surface area contributed by atoms with Crippen molar-refractivity contribution in [2.75, 3.05) is 6.61 Å². The van der Waals surface area contributed by atoms with Crippen molar-refractivity contribution in [1.82, 2.24) is 4.98 Å². The predicted molar refractivity (Wildman–Crippen MR) is 77.2 cm³/mol. The van der Waals surface area contributed by atoms with Gasteiger partial charge in [0, 0.05) is 11.2 Å². The van der Waals surface area contributed by atoms with E-state index < -0.39 is 6.10 Å². The smallest absolute Gasteiger partial charge is 0.293 e. The Morgan fingerprint density at radius 1 is 1.35 bits per heavy atom. The molecule has 1 atom stereocenters. The molecule has 2 rings (SSSR count). The lowest BCUT2D eigenvalue weighted by molar-refractivity contribution is -0.138. The fourth-order valence-electron chi connectivity index (χ4n) is 1.52. The highest BCUT2D eigenvalue weighted by molar-refractivity contribution is 5.80. The Balaban J connectivity index is 0.000000246. The highest BCUT2D eigenvalue weighted by atomic mass is 16.5. The third kappa shape index (κ3) is 5.03. The predicted octanol–water partition coefficient (Wildman–Crippen LogP) is 2.15. The van der Waals surface area contributed by atoms with Crippen LogP contribution >= 0.6 is 0 Å². The largest absolute Gasteiger partial charge is 0.462 e. The van der Waals surface area contributed by atoms with Gasteiger partial charge in [-0.05, 0) is 38.3 Å². The van der Waals surface area contributed by atoms with Crippen molar-refractivity contribution in [2.24, 2.45) is 0 Å². The summed E-state index contributed by atoms with van der Waals surface area (Å²) in [7, 11) is 0. The average Bonchev–Trinajstić information content (AvgIpc) is 2.81. The lowest BCUT2D eigenvalue weighted by atomic mass is 10.2. The molecule has 0 saturated heterocycles. The van der Waals surface area contributed by atoms with Gasteiger partial charge in [-0.1, -0.05) is 18.2 Å². The standard InChI is InChI=1S/C10H11NO2.C5H10O2/c12-6-10(13)9-5-7-3-1-2-4-8(7)11-9;1-5(2,3)7-4-6/h1-5,10-13H,6H2;4H,1-3H3. The van der Waals surface area contributed by atoms with E-state index in [4.69, 9.17) is 5.11 Å². The third-order valence-corrected chi connectivity index (χ3v) is 2.48. The number of aromatic nitrogens is 1. The zero-order chi connectivity index (χ0) is 15.2. The molecule has 0 amide bonds. The number of nitrogens with one attached hydrogen (secondary N) is 1. The molecule has 20 heavy (non-hydrogen) atoms. The summed E-state index contributed by atoms with van der Waals surface area (Å²) in [6.45, 7) is 5.66. The molecule has 1 unspecified atom stereocenters. The van der Waals surface area contributed by atoms with Crippen molar-refractivity contribution in [3.05, 3.63) is 36.0 Å². The average molecular weight is 279 g/mol. The summed E-state index contributed by atoms with van der Waals surface area (Å²) in [6, 6.07) is 9.60. The Labute approximate surface area is 118 Å². The molecule has 0 aliphatic heterocycles. The summed E-state index contributed by atoms with van der Waals surface area (Å²) in [4.78, 5) is 12.6. The number of rotatable bonds is 3. The van der Waals surface area contributed by atoms with Gasteiger partial charge in [0.25, 0.3) is 6.47 Å². The quantitative estimate of drug-likeness (QED) is 0.752. The fraction of sp³-hybridized carbons (Fsp3) is 0.400. The van der Waals surface area contributed by atoms with Gasteiger partial charge in [0.05, 0.1) is 6.61 Å². The number of H-pyrrole nitrogens is 1. The lowest BCUT2D eigenvalue weighted by Crippen LogP contribution is -2.17. The highest BCUT2D eigenvalue weighted by Gasteiger charge is 2.08. The van der Waals surface area contributed by atoms with E-state index in [-0.39, 0.29) is 12.2 Å². The van der Waals surface area contributed by atoms with Gasteiger partial charge in [-0.3, -0.25) is 4.79 Å². The summed E-state index contributed by atoms with van der Waals surface area (Å²) in [6.07, 6.45) is -0.813. The van der Waals surface area contributed by atoms with Gasteiger partial charge < -0.3 is 19.9 Å². The number of aliphatic hydroxyl groups is 2. The lowest BCUT2D eigenvalue weighted by Gasteiger charge is -2.14. The van der Waals surface area contributed by atoms with E-state index in [1.54, 1.807) is 0 Å². The molecule has 2 aromatic rings. The van der Waals surface area contributed by atoms with Crippen LogP contribution in [0.1, 0.15) is 32.6 Å². The fourth-order valence-corrected chi connectivity index (χ4v) is 1.52. The Kier molecular flexibility index (Phi) is 5.73. The van der Waals surface area contributed by atoms with Crippen molar-refractivity contribution in [2.45, 2.75) is 32.5 Å². The van der Waals surface area contributed by atoms with Crippen LogP contribution in [0.15, 0.2) is 30.3 Å². The number of benzene rings is 1. The van der Waals surface area contributed by atoms with Crippen LogP contribution in [0.5, 0.6) is 0 Å². The molecular weight excluding hydrogens is 258 g/mol. The minimum Gasteiger partial charge on any atom is -0.462 e. The van der Waals surface area contributed by atoms with Crippen molar-refractivity contribution in [3.63, 3.8) is 0 Å². The Hall–Kier alpha value is -1.85. The number of fused-ring (bicyclic) bond motifs is 1. The summed E-state index contributed by atoms with van der Waals surface area (Å²) < 4.78 is 4.55. The van der Waals surface area contributed by atoms with Crippen molar-refractivity contribution >= 4 is 17.4 Å². The van der Waals surface area contributed by atoms with Crippen LogP contribution in [0, 0.1) is 0 Å². The maximum absolute atomic E-state index is 9.60. The maximum Gasteiger partial charge on any atom is 0.293 e. The zero-order valence-corrected chi connectivity index (χ0v) is 12.0. The molecule has 110 valence electrons. The third-order valence-electron chi connectivity index (χ3n) is 2.48. The molecule has 0 aliphatic carbocycles. The zero-order valence-electron chi connectivity index (χ0n) is 12.0. The molecule has 5 nitrogen and oxygen atoms in total. The molecule has 1 aromatic carbocycles. The van der Waals surface area contributed by atoms with Crippen LogP contribution in [0.3, 0.4) is 0 Å². The van der Waals surface area contributed by atoms with Gasteiger partial charge in [-0.25, -0.2) is 0 Å². The monoisotopic (exact) mass is 279 g/mol. The number of hydrogen-bond donors (Lipinski definition) is 3. The van der Waals surface area contributed by atoms with Crippen LogP contribution in [0.2, 0.25) is 0 Å². The second-order valence-electron chi connectivity index (χ2n) is 5.34. The first kappa shape index (κ1) is 16.2. The number of ether oxygens (including phenoxy) is 1.